The van der Waals surface area contributed by atoms with Crippen molar-refractivity contribution in [1.29, 1.82) is 0 Å². The fourth-order valence-corrected chi connectivity index (χ4v) is 4.64. The molecule has 1 fully saturated rings. The van der Waals surface area contributed by atoms with Crippen molar-refractivity contribution in [3.63, 3.8) is 0 Å². The maximum atomic E-state index is 12.6. The fraction of sp³-hybridized carbons (Fsp3) is 0.571. The summed E-state index contributed by atoms with van der Waals surface area (Å²) in [5.74, 6) is 1.20. The van der Waals surface area contributed by atoms with Crippen LogP contribution in [0, 0.1) is 11.8 Å². The molecule has 0 unspecified atom stereocenters. The van der Waals surface area contributed by atoms with Crippen molar-refractivity contribution in [3.8, 4) is 0 Å². The molecule has 0 aromatic heterocycles. The van der Waals surface area contributed by atoms with E-state index < -0.39 is 10.0 Å². The molecule has 0 amide bonds. The van der Waals surface area contributed by atoms with Crippen LogP contribution in [0.4, 0.5) is 5.69 Å². The number of nitrogens with zero attached hydrogens (tertiary/aromatic N) is 1. The van der Waals surface area contributed by atoms with E-state index in [4.69, 9.17) is 17.3 Å². The van der Waals surface area contributed by atoms with Gasteiger partial charge in [-0.25, -0.2) is 8.42 Å². The fourth-order valence-electron chi connectivity index (χ4n) is 2.65. The van der Waals surface area contributed by atoms with E-state index in [0.717, 1.165) is 12.8 Å². The van der Waals surface area contributed by atoms with E-state index in [0.29, 0.717) is 30.6 Å². The van der Waals surface area contributed by atoms with E-state index in [1.807, 2.05) is 0 Å². The first-order chi connectivity index (χ1) is 9.32. The standard InChI is InChI=1S/C14H21ClN2O2S/c1-10(2)11-5-7-17(8-6-11)20(18,19)14-4-3-12(16)9-13(14)15/h3-4,9-11H,5-8,16H2,1-2H3. The van der Waals surface area contributed by atoms with Gasteiger partial charge in [-0.1, -0.05) is 25.4 Å². The van der Waals surface area contributed by atoms with Crippen molar-refractivity contribution in [2.24, 2.45) is 11.8 Å². The predicted octanol–water partition coefficient (Wildman–Crippen LogP) is 2.98. The summed E-state index contributed by atoms with van der Waals surface area (Å²) >= 11 is 6.03. The minimum absolute atomic E-state index is 0.149. The Bertz CT molecular complexity index is 579. The van der Waals surface area contributed by atoms with E-state index >= 15 is 0 Å². The number of hydrogen-bond donors (Lipinski definition) is 1. The highest BCUT2D eigenvalue weighted by Crippen LogP contribution is 2.31. The molecule has 4 nitrogen and oxygen atoms in total. The highest BCUT2D eigenvalue weighted by molar-refractivity contribution is 7.89. The summed E-state index contributed by atoms with van der Waals surface area (Å²) in [5, 5.41) is 0.191. The Labute approximate surface area is 126 Å². The van der Waals surface area contributed by atoms with Gasteiger partial charge >= 0.3 is 0 Å². The third kappa shape index (κ3) is 3.10. The summed E-state index contributed by atoms with van der Waals surface area (Å²) in [5.41, 5.74) is 6.07. The van der Waals surface area contributed by atoms with Crippen LogP contribution in [-0.2, 0) is 10.0 Å². The average Bonchev–Trinajstić information content (AvgIpc) is 2.38. The summed E-state index contributed by atoms with van der Waals surface area (Å²) in [6.07, 6.45) is 1.81. The minimum Gasteiger partial charge on any atom is -0.399 e. The highest BCUT2D eigenvalue weighted by Gasteiger charge is 2.31. The van der Waals surface area contributed by atoms with Crippen molar-refractivity contribution in [3.05, 3.63) is 23.2 Å². The lowest BCUT2D eigenvalue weighted by molar-refractivity contribution is 0.226. The molecule has 2 rings (SSSR count). The predicted molar refractivity (Wildman–Crippen MR) is 82.2 cm³/mol. The van der Waals surface area contributed by atoms with Gasteiger partial charge in [0.05, 0.1) is 5.02 Å². The summed E-state index contributed by atoms with van der Waals surface area (Å²) in [6, 6.07) is 4.54. The Morgan fingerprint density at radius 2 is 1.90 bits per heavy atom. The van der Waals surface area contributed by atoms with E-state index in [-0.39, 0.29) is 9.92 Å². The first-order valence-electron chi connectivity index (χ1n) is 6.87. The maximum absolute atomic E-state index is 12.6. The molecule has 1 aliphatic heterocycles. The van der Waals surface area contributed by atoms with Gasteiger partial charge in [0.2, 0.25) is 10.0 Å². The molecular formula is C14H21ClN2O2S. The highest BCUT2D eigenvalue weighted by atomic mass is 35.5. The van der Waals surface area contributed by atoms with Gasteiger partial charge in [-0.05, 0) is 42.9 Å². The number of rotatable bonds is 3. The lowest BCUT2D eigenvalue weighted by Gasteiger charge is -2.33. The average molecular weight is 317 g/mol. The van der Waals surface area contributed by atoms with Gasteiger partial charge in [0, 0.05) is 18.8 Å². The van der Waals surface area contributed by atoms with Crippen LogP contribution in [0.1, 0.15) is 26.7 Å². The molecule has 20 heavy (non-hydrogen) atoms. The zero-order valence-electron chi connectivity index (χ0n) is 11.8. The normalized spacial score (nSPS) is 18.6. The number of piperidine rings is 1. The Balaban J connectivity index is 2.20. The Morgan fingerprint density at radius 3 is 2.40 bits per heavy atom. The van der Waals surface area contributed by atoms with Crippen LogP contribution in [0.5, 0.6) is 0 Å². The van der Waals surface area contributed by atoms with Gasteiger partial charge in [-0.15, -0.1) is 0 Å². The maximum Gasteiger partial charge on any atom is 0.244 e. The molecule has 0 spiro atoms. The molecule has 1 heterocycles. The number of nitrogen functional groups attached to an aromatic ring is 1. The van der Waals surface area contributed by atoms with Gasteiger partial charge in [0.15, 0.2) is 0 Å². The second kappa shape index (κ2) is 5.92. The van der Waals surface area contributed by atoms with Crippen LogP contribution in [0.3, 0.4) is 0 Å². The Kier molecular flexibility index (Phi) is 4.62. The van der Waals surface area contributed by atoms with Gasteiger partial charge in [0.25, 0.3) is 0 Å². The van der Waals surface area contributed by atoms with Crippen molar-refractivity contribution in [1.82, 2.24) is 4.31 Å². The Hall–Kier alpha value is -0.780. The SMILES string of the molecule is CC(C)C1CCN(S(=O)(=O)c2ccc(N)cc2Cl)CC1. The second-order valence-corrected chi connectivity index (χ2v) is 7.99. The third-order valence-corrected chi connectivity index (χ3v) is 6.40. The van der Waals surface area contributed by atoms with Crippen LogP contribution in [0.15, 0.2) is 23.1 Å². The first-order valence-corrected chi connectivity index (χ1v) is 8.69. The quantitative estimate of drug-likeness (QED) is 0.872. The van der Waals surface area contributed by atoms with Crippen molar-refractivity contribution in [2.45, 2.75) is 31.6 Å². The summed E-state index contributed by atoms with van der Waals surface area (Å²) in [6.45, 7) is 5.50. The largest absolute Gasteiger partial charge is 0.399 e. The summed E-state index contributed by atoms with van der Waals surface area (Å²) in [4.78, 5) is 0.149. The zero-order chi connectivity index (χ0) is 14.9. The number of sulfonamides is 1. The number of nitrogens with two attached hydrogens (primary N) is 1. The van der Waals surface area contributed by atoms with E-state index in [1.165, 1.54) is 16.4 Å². The molecule has 0 atom stereocenters. The topological polar surface area (TPSA) is 63.4 Å². The smallest absolute Gasteiger partial charge is 0.244 e. The lowest BCUT2D eigenvalue weighted by atomic mass is 9.87. The molecule has 0 bridgehead atoms. The van der Waals surface area contributed by atoms with Crippen LogP contribution in [0.2, 0.25) is 5.02 Å². The number of hydrogen-bond acceptors (Lipinski definition) is 3. The lowest BCUT2D eigenvalue weighted by Crippen LogP contribution is -2.39. The molecule has 0 aliphatic carbocycles. The van der Waals surface area contributed by atoms with Crippen molar-refractivity contribution in [2.75, 3.05) is 18.8 Å². The molecule has 0 saturated carbocycles. The van der Waals surface area contributed by atoms with E-state index in [1.54, 1.807) is 6.07 Å². The zero-order valence-corrected chi connectivity index (χ0v) is 13.4. The molecule has 1 saturated heterocycles. The van der Waals surface area contributed by atoms with Gasteiger partial charge in [-0.2, -0.15) is 4.31 Å². The van der Waals surface area contributed by atoms with Crippen molar-refractivity contribution >= 4 is 27.3 Å². The number of anilines is 1. The van der Waals surface area contributed by atoms with Gasteiger partial charge in [-0.3, -0.25) is 0 Å². The van der Waals surface area contributed by atoms with Crippen LogP contribution >= 0.6 is 11.6 Å². The molecule has 1 aromatic rings. The van der Waals surface area contributed by atoms with Gasteiger partial charge in [0.1, 0.15) is 4.90 Å². The monoisotopic (exact) mass is 316 g/mol. The summed E-state index contributed by atoms with van der Waals surface area (Å²) in [7, 11) is -3.51. The van der Waals surface area contributed by atoms with Crippen LogP contribution < -0.4 is 5.73 Å². The number of benzene rings is 1. The van der Waals surface area contributed by atoms with E-state index in [9.17, 15) is 8.42 Å². The molecule has 1 aromatic carbocycles. The van der Waals surface area contributed by atoms with E-state index in [2.05, 4.69) is 13.8 Å². The minimum atomic E-state index is -3.51. The van der Waals surface area contributed by atoms with Crippen LogP contribution in [0.25, 0.3) is 0 Å². The Morgan fingerprint density at radius 1 is 1.30 bits per heavy atom. The molecular weight excluding hydrogens is 296 g/mol. The van der Waals surface area contributed by atoms with Crippen LogP contribution in [-0.4, -0.2) is 25.8 Å². The van der Waals surface area contributed by atoms with Crippen molar-refractivity contribution < 1.29 is 8.42 Å². The first kappa shape index (κ1) is 15.6. The molecule has 6 heteroatoms. The summed E-state index contributed by atoms with van der Waals surface area (Å²) < 4.78 is 26.7. The molecule has 1 aliphatic rings. The van der Waals surface area contributed by atoms with Gasteiger partial charge < -0.3 is 5.73 Å². The third-order valence-electron chi connectivity index (χ3n) is 4.02. The molecule has 2 N–H and O–H groups in total. The molecule has 112 valence electrons. The molecule has 0 radical (unpaired) electrons. The number of halogens is 1. The second-order valence-electron chi connectivity index (χ2n) is 5.68.